The number of rotatable bonds is 1. The van der Waals surface area contributed by atoms with Crippen LogP contribution in [0.5, 0.6) is 0 Å². The zero-order valence-electron chi connectivity index (χ0n) is 8.61. The van der Waals surface area contributed by atoms with Gasteiger partial charge in [-0.25, -0.2) is 4.98 Å². The van der Waals surface area contributed by atoms with Gasteiger partial charge in [0.15, 0.2) is 0 Å². The molecule has 0 aliphatic heterocycles. The Balaban J connectivity index is 2.55. The molecule has 0 aliphatic carbocycles. The number of benzene rings is 1. The Labute approximate surface area is 107 Å². The van der Waals surface area contributed by atoms with Crippen molar-refractivity contribution in [3.63, 3.8) is 0 Å². The van der Waals surface area contributed by atoms with E-state index in [9.17, 15) is 0 Å². The molecule has 2 N–H and O–H groups in total. The van der Waals surface area contributed by atoms with Crippen LogP contribution in [0.15, 0.2) is 36.5 Å². The first kappa shape index (κ1) is 11.8. The highest BCUT2D eigenvalue weighted by Crippen LogP contribution is 2.12. The Kier molecular flexibility index (Phi) is 3.26. The molecule has 17 heavy (non-hydrogen) atoms. The zero-order valence-corrected chi connectivity index (χ0v) is 10.1. The maximum Gasteiger partial charge on any atom is 0.210 e. The molecule has 0 saturated carbocycles. The molecule has 1 aromatic carbocycles. The van der Waals surface area contributed by atoms with E-state index in [1.165, 1.54) is 16.8 Å². The minimum atomic E-state index is 0.0654. The molecule has 0 atom stereocenters. The lowest BCUT2D eigenvalue weighted by Crippen LogP contribution is -2.28. The van der Waals surface area contributed by atoms with E-state index in [-0.39, 0.29) is 16.6 Å². The zero-order chi connectivity index (χ0) is 12.4. The number of aromatic nitrogens is 2. The van der Waals surface area contributed by atoms with E-state index in [1.54, 1.807) is 24.3 Å². The topological polar surface area (TPSA) is 65.5 Å². The van der Waals surface area contributed by atoms with Crippen LogP contribution < -0.4 is 5.49 Å². The standard InChI is InChI=1S/C11H8Cl2N4/c12-8-3-1-2-7(6-8)10(15)17-9(14)4-5-16-11(17)13/h1-6,14-15H. The second kappa shape index (κ2) is 4.69. The molecule has 0 bridgehead atoms. The summed E-state index contributed by atoms with van der Waals surface area (Å²) in [6.45, 7) is 0. The monoisotopic (exact) mass is 266 g/mol. The quantitative estimate of drug-likeness (QED) is 0.465. The van der Waals surface area contributed by atoms with E-state index >= 15 is 0 Å². The minimum absolute atomic E-state index is 0.0654. The molecular formula is C11H8Cl2N4. The Morgan fingerprint density at radius 1 is 1.24 bits per heavy atom. The smallest absolute Gasteiger partial charge is 0.210 e. The third-order valence-electron chi connectivity index (χ3n) is 2.16. The predicted octanol–water partition coefficient (Wildman–Crippen LogP) is 2.54. The molecule has 2 aromatic rings. The molecule has 2 rings (SSSR count). The summed E-state index contributed by atoms with van der Waals surface area (Å²) in [7, 11) is 0. The minimum Gasteiger partial charge on any atom is -0.284 e. The number of halogens is 2. The Bertz CT molecular complexity index is 633. The summed E-state index contributed by atoms with van der Waals surface area (Å²) in [5.74, 6) is 0.0654. The van der Waals surface area contributed by atoms with Crippen LogP contribution in [0.25, 0.3) is 0 Å². The highest BCUT2D eigenvalue weighted by molar-refractivity contribution is 6.31. The molecule has 0 fully saturated rings. The van der Waals surface area contributed by atoms with Crippen LogP contribution in [0.2, 0.25) is 10.3 Å². The van der Waals surface area contributed by atoms with Crippen LogP contribution in [0.3, 0.4) is 0 Å². The summed E-state index contributed by atoms with van der Waals surface area (Å²) in [5.41, 5.74) is 0.667. The summed E-state index contributed by atoms with van der Waals surface area (Å²) >= 11 is 11.7. The molecule has 1 aromatic heterocycles. The highest BCUT2D eigenvalue weighted by atomic mass is 35.5. The van der Waals surface area contributed by atoms with Crippen molar-refractivity contribution in [3.05, 3.63) is 57.9 Å². The van der Waals surface area contributed by atoms with E-state index in [0.717, 1.165) is 0 Å². The Hall–Kier alpha value is -1.65. The molecule has 86 valence electrons. The number of hydrogen-bond acceptors (Lipinski definition) is 3. The van der Waals surface area contributed by atoms with E-state index in [1.807, 2.05) is 0 Å². The third-order valence-corrected chi connectivity index (χ3v) is 2.66. The van der Waals surface area contributed by atoms with Gasteiger partial charge in [-0.1, -0.05) is 23.7 Å². The molecule has 0 radical (unpaired) electrons. The van der Waals surface area contributed by atoms with E-state index in [4.69, 9.17) is 34.0 Å². The number of hydrogen-bond donors (Lipinski definition) is 2. The van der Waals surface area contributed by atoms with Crippen molar-refractivity contribution in [2.24, 2.45) is 0 Å². The van der Waals surface area contributed by atoms with E-state index < -0.39 is 0 Å². The first-order valence-electron chi connectivity index (χ1n) is 4.72. The molecule has 0 spiro atoms. The van der Waals surface area contributed by atoms with Gasteiger partial charge in [-0.3, -0.25) is 15.4 Å². The summed E-state index contributed by atoms with van der Waals surface area (Å²) in [6.07, 6.45) is 1.42. The van der Waals surface area contributed by atoms with Crippen molar-refractivity contribution < 1.29 is 0 Å². The van der Waals surface area contributed by atoms with Crippen molar-refractivity contribution in [2.75, 3.05) is 0 Å². The Morgan fingerprint density at radius 3 is 2.65 bits per heavy atom. The van der Waals surface area contributed by atoms with Gasteiger partial charge in [0, 0.05) is 16.8 Å². The summed E-state index contributed by atoms with van der Waals surface area (Å²) < 4.78 is 1.23. The summed E-state index contributed by atoms with van der Waals surface area (Å²) in [5, 5.41) is 16.3. The van der Waals surface area contributed by atoms with Crippen LogP contribution in [-0.4, -0.2) is 15.4 Å². The fourth-order valence-corrected chi connectivity index (χ4v) is 1.80. The summed E-state index contributed by atoms with van der Waals surface area (Å²) in [6, 6.07) is 8.28. The molecule has 1 heterocycles. The molecule has 4 nitrogen and oxygen atoms in total. The maximum atomic E-state index is 8.01. The van der Waals surface area contributed by atoms with Gasteiger partial charge >= 0.3 is 0 Å². The highest BCUT2D eigenvalue weighted by Gasteiger charge is 2.09. The largest absolute Gasteiger partial charge is 0.284 e. The molecule has 0 unspecified atom stereocenters. The Morgan fingerprint density at radius 2 is 2.00 bits per heavy atom. The molecule has 0 amide bonds. The fourth-order valence-electron chi connectivity index (χ4n) is 1.38. The van der Waals surface area contributed by atoms with E-state index in [2.05, 4.69) is 4.98 Å². The molecular weight excluding hydrogens is 259 g/mol. The van der Waals surface area contributed by atoms with Crippen LogP contribution in [0.1, 0.15) is 5.56 Å². The average molecular weight is 267 g/mol. The third kappa shape index (κ3) is 2.38. The van der Waals surface area contributed by atoms with Crippen LogP contribution in [-0.2, 0) is 0 Å². The molecule has 0 saturated heterocycles. The average Bonchev–Trinajstić information content (AvgIpc) is 2.28. The maximum absolute atomic E-state index is 8.01. The van der Waals surface area contributed by atoms with Crippen LogP contribution >= 0.6 is 23.2 Å². The van der Waals surface area contributed by atoms with Gasteiger partial charge in [-0.2, -0.15) is 0 Å². The van der Waals surface area contributed by atoms with Crippen molar-refractivity contribution >= 4 is 29.0 Å². The molecule has 0 aliphatic rings. The second-order valence-electron chi connectivity index (χ2n) is 3.29. The van der Waals surface area contributed by atoms with E-state index in [0.29, 0.717) is 10.6 Å². The SMILES string of the molecule is N=C(c1cccc(Cl)c1)n1c(Cl)nccc1=N. The van der Waals surface area contributed by atoms with Gasteiger partial charge in [0.05, 0.1) is 0 Å². The summed E-state index contributed by atoms with van der Waals surface area (Å²) in [4.78, 5) is 3.84. The number of nitrogens with one attached hydrogen (secondary N) is 2. The van der Waals surface area contributed by atoms with Crippen molar-refractivity contribution in [1.82, 2.24) is 9.55 Å². The predicted molar refractivity (Wildman–Crippen MR) is 66.8 cm³/mol. The van der Waals surface area contributed by atoms with Crippen molar-refractivity contribution in [1.29, 1.82) is 10.8 Å². The number of nitrogens with zero attached hydrogens (tertiary/aromatic N) is 2. The van der Waals surface area contributed by atoms with Crippen molar-refractivity contribution in [2.45, 2.75) is 0 Å². The van der Waals surface area contributed by atoms with Gasteiger partial charge in [0.2, 0.25) is 5.28 Å². The van der Waals surface area contributed by atoms with Gasteiger partial charge in [-0.05, 0) is 29.8 Å². The van der Waals surface area contributed by atoms with Crippen LogP contribution in [0, 0.1) is 10.8 Å². The first-order chi connectivity index (χ1) is 8.09. The fraction of sp³-hybridized carbons (Fsp3) is 0. The van der Waals surface area contributed by atoms with Crippen LogP contribution in [0.4, 0.5) is 0 Å². The second-order valence-corrected chi connectivity index (χ2v) is 4.07. The molecule has 6 heteroatoms. The first-order valence-corrected chi connectivity index (χ1v) is 5.48. The van der Waals surface area contributed by atoms with Gasteiger partial charge < -0.3 is 0 Å². The lowest BCUT2D eigenvalue weighted by Gasteiger charge is -2.09. The lowest BCUT2D eigenvalue weighted by molar-refractivity contribution is 0.921. The van der Waals surface area contributed by atoms with Crippen molar-refractivity contribution in [3.8, 4) is 0 Å². The van der Waals surface area contributed by atoms with Gasteiger partial charge in [0.25, 0.3) is 0 Å². The lowest BCUT2D eigenvalue weighted by atomic mass is 10.2. The normalized spacial score (nSPS) is 10.2. The van der Waals surface area contributed by atoms with Gasteiger partial charge in [0.1, 0.15) is 11.3 Å². The van der Waals surface area contributed by atoms with Gasteiger partial charge in [-0.15, -0.1) is 0 Å².